The van der Waals surface area contributed by atoms with Crippen molar-refractivity contribution in [2.24, 2.45) is 17.3 Å². The molecule has 0 bridgehead atoms. The van der Waals surface area contributed by atoms with E-state index >= 15 is 0 Å². The molecule has 2 saturated carbocycles. The number of nitrogens with one attached hydrogen (secondary N) is 2. The lowest BCUT2D eigenvalue weighted by molar-refractivity contribution is -0.142. The zero-order valence-corrected chi connectivity index (χ0v) is 13.5. The van der Waals surface area contributed by atoms with Crippen molar-refractivity contribution in [3.8, 4) is 0 Å². The Balaban J connectivity index is 1.70. The third kappa shape index (κ3) is 4.12. The fourth-order valence-electron chi connectivity index (χ4n) is 3.42. The number of aliphatic hydroxyl groups is 1. The van der Waals surface area contributed by atoms with Crippen molar-refractivity contribution in [1.29, 1.82) is 0 Å². The lowest BCUT2D eigenvalue weighted by Crippen LogP contribution is -2.47. The maximum absolute atomic E-state index is 12.0. The second-order valence-electron chi connectivity index (χ2n) is 7.27. The van der Waals surface area contributed by atoms with Crippen LogP contribution in [-0.2, 0) is 4.79 Å². The van der Waals surface area contributed by atoms with Crippen LogP contribution in [0.3, 0.4) is 0 Å². The van der Waals surface area contributed by atoms with Crippen LogP contribution in [0.1, 0.15) is 52.4 Å². The van der Waals surface area contributed by atoms with Gasteiger partial charge in [-0.3, -0.25) is 4.79 Å². The number of aliphatic carboxylic acids is 1. The molecule has 4 N–H and O–H groups in total. The Morgan fingerprint density at radius 1 is 1.18 bits per heavy atom. The maximum Gasteiger partial charge on any atom is 0.315 e. The topological polar surface area (TPSA) is 98.7 Å². The molecule has 6 heteroatoms. The Morgan fingerprint density at radius 3 is 2.23 bits per heavy atom. The molecule has 0 aromatic rings. The summed E-state index contributed by atoms with van der Waals surface area (Å²) in [6, 6.07) is -0.151. The summed E-state index contributed by atoms with van der Waals surface area (Å²) >= 11 is 0. The van der Waals surface area contributed by atoms with Gasteiger partial charge >= 0.3 is 12.0 Å². The fourth-order valence-corrected chi connectivity index (χ4v) is 3.42. The highest BCUT2D eigenvalue weighted by molar-refractivity contribution is 5.74. The van der Waals surface area contributed by atoms with Crippen LogP contribution in [0.5, 0.6) is 0 Å². The summed E-state index contributed by atoms with van der Waals surface area (Å²) < 4.78 is 0. The Morgan fingerprint density at radius 2 is 1.77 bits per heavy atom. The number of carboxylic acid groups (broad SMARTS) is 1. The number of carbonyl (C=O) groups is 2. The number of aliphatic hydroxyl groups excluding tert-OH is 1. The van der Waals surface area contributed by atoms with Crippen molar-refractivity contribution >= 4 is 12.0 Å². The van der Waals surface area contributed by atoms with Crippen LogP contribution < -0.4 is 10.6 Å². The van der Waals surface area contributed by atoms with E-state index in [0.717, 1.165) is 12.8 Å². The van der Waals surface area contributed by atoms with Crippen LogP contribution in [0.15, 0.2) is 0 Å². The van der Waals surface area contributed by atoms with Crippen molar-refractivity contribution in [1.82, 2.24) is 10.6 Å². The standard InChI is InChI=1S/C16H28N2O4/c1-10(2)13(19)16(7-8-16)9-17-15(22)18-12-5-3-11(4-6-12)14(20)21/h10-13,19H,3-9H2,1-2H3,(H,20,21)(H2,17,18,22). The van der Waals surface area contributed by atoms with Crippen LogP contribution in [0.25, 0.3) is 0 Å². The average molecular weight is 312 g/mol. The van der Waals surface area contributed by atoms with Gasteiger partial charge in [-0.25, -0.2) is 4.79 Å². The van der Waals surface area contributed by atoms with Gasteiger partial charge in [0.05, 0.1) is 12.0 Å². The summed E-state index contributed by atoms with van der Waals surface area (Å²) in [4.78, 5) is 22.9. The molecule has 0 aromatic heterocycles. The number of amides is 2. The minimum absolute atomic E-state index is 0.0563. The van der Waals surface area contributed by atoms with E-state index in [2.05, 4.69) is 10.6 Å². The van der Waals surface area contributed by atoms with Crippen molar-refractivity contribution in [3.63, 3.8) is 0 Å². The van der Waals surface area contributed by atoms with E-state index in [0.29, 0.717) is 32.2 Å². The lowest BCUT2D eigenvalue weighted by Gasteiger charge is -2.28. The molecule has 0 aliphatic heterocycles. The number of carboxylic acids is 1. The molecule has 2 aliphatic carbocycles. The number of urea groups is 1. The number of hydrogen-bond donors (Lipinski definition) is 4. The Kier molecular flexibility index (Phi) is 5.32. The van der Waals surface area contributed by atoms with Gasteiger partial charge in [0.2, 0.25) is 0 Å². The first kappa shape index (κ1) is 17.1. The van der Waals surface area contributed by atoms with Crippen LogP contribution in [-0.4, -0.2) is 40.9 Å². The van der Waals surface area contributed by atoms with Gasteiger partial charge in [-0.1, -0.05) is 13.8 Å². The van der Waals surface area contributed by atoms with Gasteiger partial charge in [-0.05, 0) is 44.4 Å². The van der Waals surface area contributed by atoms with E-state index in [1.165, 1.54) is 0 Å². The van der Waals surface area contributed by atoms with E-state index < -0.39 is 5.97 Å². The maximum atomic E-state index is 12.0. The second-order valence-corrected chi connectivity index (χ2v) is 7.27. The van der Waals surface area contributed by atoms with Crippen LogP contribution >= 0.6 is 0 Å². The summed E-state index contributed by atoms with van der Waals surface area (Å²) in [6.45, 7) is 4.49. The van der Waals surface area contributed by atoms with Crippen LogP contribution in [0.4, 0.5) is 4.79 Å². The molecule has 0 spiro atoms. The van der Waals surface area contributed by atoms with E-state index in [1.807, 2.05) is 13.8 Å². The van der Waals surface area contributed by atoms with Crippen LogP contribution in [0, 0.1) is 17.3 Å². The lowest BCUT2D eigenvalue weighted by atomic mass is 9.86. The highest BCUT2D eigenvalue weighted by atomic mass is 16.4. The van der Waals surface area contributed by atoms with Gasteiger partial charge in [-0.2, -0.15) is 0 Å². The fraction of sp³-hybridized carbons (Fsp3) is 0.875. The molecule has 2 fully saturated rings. The van der Waals surface area contributed by atoms with E-state index in [-0.39, 0.29) is 35.4 Å². The molecule has 2 amide bonds. The van der Waals surface area contributed by atoms with E-state index in [4.69, 9.17) is 5.11 Å². The molecule has 2 aliphatic rings. The summed E-state index contributed by atoms with van der Waals surface area (Å²) in [5.41, 5.74) is -0.146. The van der Waals surface area contributed by atoms with Gasteiger partial charge in [0.1, 0.15) is 0 Å². The molecule has 0 saturated heterocycles. The summed E-state index contributed by atoms with van der Waals surface area (Å²) in [6.07, 6.45) is 4.20. The predicted octanol–water partition coefficient (Wildman–Crippen LogP) is 1.73. The number of rotatable bonds is 6. The smallest absolute Gasteiger partial charge is 0.315 e. The van der Waals surface area contributed by atoms with Crippen molar-refractivity contribution in [2.45, 2.75) is 64.5 Å². The molecular weight excluding hydrogens is 284 g/mol. The largest absolute Gasteiger partial charge is 0.481 e. The molecule has 1 unspecified atom stereocenters. The minimum Gasteiger partial charge on any atom is -0.481 e. The zero-order valence-electron chi connectivity index (χ0n) is 13.5. The SMILES string of the molecule is CC(C)C(O)C1(CNC(=O)NC2CCC(C(=O)O)CC2)CC1. The van der Waals surface area contributed by atoms with E-state index in [9.17, 15) is 14.7 Å². The molecule has 0 radical (unpaired) electrons. The highest BCUT2D eigenvalue weighted by Crippen LogP contribution is 2.50. The summed E-state index contributed by atoms with van der Waals surface area (Å²) in [5, 5.41) is 25.0. The van der Waals surface area contributed by atoms with Gasteiger partial charge in [0, 0.05) is 18.0 Å². The molecule has 0 heterocycles. The zero-order chi connectivity index (χ0) is 16.3. The molecule has 126 valence electrons. The van der Waals surface area contributed by atoms with Gasteiger partial charge in [-0.15, -0.1) is 0 Å². The van der Waals surface area contributed by atoms with Crippen molar-refractivity contribution in [3.05, 3.63) is 0 Å². The van der Waals surface area contributed by atoms with Gasteiger partial charge < -0.3 is 20.8 Å². The molecule has 2 rings (SSSR count). The first-order chi connectivity index (χ1) is 10.3. The monoisotopic (exact) mass is 312 g/mol. The van der Waals surface area contributed by atoms with Crippen molar-refractivity contribution < 1.29 is 19.8 Å². The molecule has 1 atom stereocenters. The Bertz CT molecular complexity index is 412. The highest BCUT2D eigenvalue weighted by Gasteiger charge is 2.49. The minimum atomic E-state index is -0.735. The predicted molar refractivity (Wildman–Crippen MR) is 82.4 cm³/mol. The summed E-state index contributed by atoms with van der Waals surface area (Å²) in [7, 11) is 0. The molecule has 0 aromatic carbocycles. The summed E-state index contributed by atoms with van der Waals surface area (Å²) in [5.74, 6) is -0.808. The first-order valence-electron chi connectivity index (χ1n) is 8.29. The second kappa shape index (κ2) is 6.86. The molecule has 6 nitrogen and oxygen atoms in total. The van der Waals surface area contributed by atoms with Gasteiger partial charge in [0.25, 0.3) is 0 Å². The van der Waals surface area contributed by atoms with Crippen LogP contribution in [0.2, 0.25) is 0 Å². The quantitative estimate of drug-likeness (QED) is 0.600. The van der Waals surface area contributed by atoms with E-state index in [1.54, 1.807) is 0 Å². The Labute approximate surface area is 131 Å². The first-order valence-corrected chi connectivity index (χ1v) is 8.29. The van der Waals surface area contributed by atoms with Gasteiger partial charge in [0.15, 0.2) is 0 Å². The number of carbonyl (C=O) groups excluding carboxylic acids is 1. The van der Waals surface area contributed by atoms with Crippen molar-refractivity contribution in [2.75, 3.05) is 6.54 Å². The normalized spacial score (nSPS) is 28.0. The third-order valence-electron chi connectivity index (χ3n) is 5.16. The average Bonchev–Trinajstić information content (AvgIpc) is 3.26. The molecule has 22 heavy (non-hydrogen) atoms. The third-order valence-corrected chi connectivity index (χ3v) is 5.16. The molecular formula is C16H28N2O4. The number of hydrogen-bond acceptors (Lipinski definition) is 3. The Hall–Kier alpha value is -1.30.